The summed E-state index contributed by atoms with van der Waals surface area (Å²) < 4.78 is 5.91. The normalized spacial score (nSPS) is 27.4. The topological polar surface area (TPSA) is 107 Å². The molecule has 1 aliphatic heterocycles. The highest BCUT2D eigenvalue weighted by molar-refractivity contribution is 5.53. The van der Waals surface area contributed by atoms with Crippen molar-refractivity contribution in [1.29, 1.82) is 21.0 Å². The molecule has 0 aromatic heterocycles. The van der Waals surface area contributed by atoms with Gasteiger partial charge in [0.25, 0.3) is 0 Å². The maximum absolute atomic E-state index is 9.74. The van der Waals surface area contributed by atoms with Crippen molar-refractivity contribution >= 4 is 0 Å². The van der Waals surface area contributed by atoms with Crippen molar-refractivity contribution in [1.82, 2.24) is 4.90 Å². The molecule has 2 aliphatic rings. The largest absolute Gasteiger partial charge is 0.375 e. The predicted molar refractivity (Wildman–Crippen MR) is 96.1 cm³/mol. The maximum Gasteiger partial charge on any atom is 0.194 e. The van der Waals surface area contributed by atoms with Crippen LogP contribution in [0.15, 0.2) is 30.3 Å². The van der Waals surface area contributed by atoms with Crippen LogP contribution in [0, 0.1) is 62.1 Å². The molecule has 1 aromatic rings. The third kappa shape index (κ3) is 2.50. The van der Waals surface area contributed by atoms with Gasteiger partial charge in [-0.2, -0.15) is 21.0 Å². The zero-order valence-corrected chi connectivity index (χ0v) is 15.5. The lowest BCUT2D eigenvalue weighted by Gasteiger charge is -2.50. The summed E-state index contributed by atoms with van der Waals surface area (Å²) in [5, 5.41) is 38.4. The van der Waals surface area contributed by atoms with E-state index in [2.05, 4.69) is 18.7 Å². The molecule has 1 saturated heterocycles. The first-order valence-electron chi connectivity index (χ1n) is 8.99. The Balaban J connectivity index is 1.75. The van der Waals surface area contributed by atoms with Crippen LogP contribution in [0.25, 0.3) is 0 Å². The molecule has 3 atom stereocenters. The molecule has 136 valence electrons. The molecule has 1 saturated carbocycles. The highest BCUT2D eigenvalue weighted by atomic mass is 16.5. The summed E-state index contributed by atoms with van der Waals surface area (Å²) in [5.41, 5.74) is -2.80. The SMILES string of the molecule is CC(C)[C@H](COCc1ccccc1)N1C[C@@]12CC(C#N)(C#N)C2(C#N)C#N. The summed E-state index contributed by atoms with van der Waals surface area (Å²) >= 11 is 0. The fourth-order valence-corrected chi connectivity index (χ4v) is 4.38. The first-order chi connectivity index (χ1) is 13.0. The van der Waals surface area contributed by atoms with Gasteiger partial charge in [-0.1, -0.05) is 44.2 Å². The van der Waals surface area contributed by atoms with Crippen molar-refractivity contribution < 1.29 is 4.74 Å². The highest BCUT2D eigenvalue weighted by Gasteiger charge is 2.86. The first-order valence-corrected chi connectivity index (χ1v) is 8.99. The molecule has 6 heteroatoms. The third-order valence-electron chi connectivity index (χ3n) is 6.06. The lowest BCUT2D eigenvalue weighted by atomic mass is 9.44. The summed E-state index contributed by atoms with van der Waals surface area (Å²) in [6.07, 6.45) is 0.232. The lowest BCUT2D eigenvalue weighted by molar-refractivity contribution is -0.00642. The summed E-state index contributed by atoms with van der Waals surface area (Å²) in [6, 6.07) is 17.8. The Bertz CT molecular complexity index is 854. The van der Waals surface area contributed by atoms with Crippen LogP contribution < -0.4 is 0 Å². The predicted octanol–water partition coefficient (Wildman–Crippen LogP) is 2.75. The summed E-state index contributed by atoms with van der Waals surface area (Å²) in [6.45, 7) is 5.64. The number of rotatable bonds is 6. The first kappa shape index (κ1) is 18.9. The number of hydrogen-bond acceptors (Lipinski definition) is 6. The van der Waals surface area contributed by atoms with Gasteiger partial charge in [0, 0.05) is 19.0 Å². The molecule has 27 heavy (non-hydrogen) atoms. The van der Waals surface area contributed by atoms with Crippen LogP contribution in [0.4, 0.5) is 0 Å². The van der Waals surface area contributed by atoms with E-state index in [1.807, 2.05) is 54.6 Å². The third-order valence-corrected chi connectivity index (χ3v) is 6.06. The molecule has 6 nitrogen and oxygen atoms in total. The van der Waals surface area contributed by atoms with Gasteiger partial charge in [-0.3, -0.25) is 4.90 Å². The second kappa shape index (κ2) is 6.68. The molecular formula is C21H21N5O. The van der Waals surface area contributed by atoms with Crippen molar-refractivity contribution in [2.75, 3.05) is 13.2 Å². The van der Waals surface area contributed by atoms with Gasteiger partial charge in [0.1, 0.15) is 0 Å². The van der Waals surface area contributed by atoms with Gasteiger partial charge in [0.2, 0.25) is 0 Å². The number of nitriles is 4. The van der Waals surface area contributed by atoms with E-state index >= 15 is 0 Å². The van der Waals surface area contributed by atoms with Gasteiger partial charge in [-0.05, 0) is 11.5 Å². The molecule has 1 aromatic carbocycles. The van der Waals surface area contributed by atoms with Crippen molar-refractivity contribution in [2.24, 2.45) is 16.7 Å². The smallest absolute Gasteiger partial charge is 0.194 e. The van der Waals surface area contributed by atoms with Crippen LogP contribution in [-0.2, 0) is 11.3 Å². The van der Waals surface area contributed by atoms with Crippen LogP contribution in [0.5, 0.6) is 0 Å². The molecule has 3 rings (SSSR count). The molecule has 0 N–H and O–H groups in total. The van der Waals surface area contributed by atoms with E-state index < -0.39 is 16.4 Å². The van der Waals surface area contributed by atoms with Gasteiger partial charge in [-0.25, -0.2) is 0 Å². The zero-order valence-electron chi connectivity index (χ0n) is 15.5. The quantitative estimate of drug-likeness (QED) is 0.723. The van der Waals surface area contributed by atoms with E-state index in [9.17, 15) is 21.0 Å². The molecule has 1 heterocycles. The standard InChI is InChI=1S/C21H21N5O/c1-16(2)18(9-27-8-17-6-4-3-5-7-17)26-15-21(26)10-19(11-22,12-23)20(21,13-24)14-25/h3-7,16,18H,8-10,15H2,1-2H3/t18-,21+,26?/m0/s1. The highest BCUT2D eigenvalue weighted by Crippen LogP contribution is 2.71. The molecule has 1 aliphatic carbocycles. The minimum absolute atomic E-state index is 0.0187. The maximum atomic E-state index is 9.74. The van der Waals surface area contributed by atoms with Crippen LogP contribution in [0.1, 0.15) is 25.8 Å². The Labute approximate surface area is 159 Å². The molecule has 0 bridgehead atoms. The summed E-state index contributed by atoms with van der Waals surface area (Å²) in [7, 11) is 0. The summed E-state index contributed by atoms with van der Waals surface area (Å²) in [4.78, 5) is 2.09. The molecule has 1 unspecified atom stereocenters. The summed E-state index contributed by atoms with van der Waals surface area (Å²) in [5.74, 6) is 0.245. The van der Waals surface area contributed by atoms with Gasteiger partial charge < -0.3 is 4.74 Å². The Kier molecular flexibility index (Phi) is 4.67. The molecule has 0 radical (unpaired) electrons. The van der Waals surface area contributed by atoms with E-state index in [-0.39, 0.29) is 18.4 Å². The second-order valence-electron chi connectivity index (χ2n) is 7.75. The zero-order chi connectivity index (χ0) is 19.7. The average molecular weight is 359 g/mol. The van der Waals surface area contributed by atoms with E-state index in [4.69, 9.17) is 4.74 Å². The van der Waals surface area contributed by atoms with Crippen LogP contribution in [0.2, 0.25) is 0 Å². The monoisotopic (exact) mass is 359 g/mol. The van der Waals surface area contributed by atoms with Gasteiger partial charge in [0.15, 0.2) is 10.8 Å². The Morgan fingerprint density at radius 1 is 1.04 bits per heavy atom. The lowest BCUT2D eigenvalue weighted by Crippen LogP contribution is -2.64. The molecule has 2 fully saturated rings. The minimum atomic E-state index is -1.62. The van der Waals surface area contributed by atoms with Gasteiger partial charge in [-0.15, -0.1) is 0 Å². The Morgan fingerprint density at radius 3 is 2.19 bits per heavy atom. The molecule has 0 amide bonds. The van der Waals surface area contributed by atoms with Crippen LogP contribution >= 0.6 is 0 Å². The van der Waals surface area contributed by atoms with Crippen molar-refractivity contribution in [2.45, 2.75) is 38.5 Å². The number of hydrogen-bond donors (Lipinski definition) is 0. The Hall–Kier alpha value is -2.90. The Morgan fingerprint density at radius 2 is 1.67 bits per heavy atom. The van der Waals surface area contributed by atoms with Crippen molar-refractivity contribution in [3.8, 4) is 24.3 Å². The van der Waals surface area contributed by atoms with E-state index in [1.54, 1.807) is 0 Å². The molecule has 1 spiro atoms. The van der Waals surface area contributed by atoms with Crippen molar-refractivity contribution in [3.05, 3.63) is 35.9 Å². The number of benzene rings is 1. The van der Waals surface area contributed by atoms with E-state index in [1.165, 1.54) is 0 Å². The van der Waals surface area contributed by atoms with E-state index in [0.717, 1.165) is 5.56 Å². The number of ether oxygens (including phenoxy) is 1. The van der Waals surface area contributed by atoms with E-state index in [0.29, 0.717) is 19.8 Å². The van der Waals surface area contributed by atoms with Gasteiger partial charge >= 0.3 is 0 Å². The van der Waals surface area contributed by atoms with Crippen LogP contribution in [0.3, 0.4) is 0 Å². The molecular weight excluding hydrogens is 338 g/mol. The van der Waals surface area contributed by atoms with Crippen molar-refractivity contribution in [3.63, 3.8) is 0 Å². The van der Waals surface area contributed by atoms with Crippen LogP contribution in [-0.4, -0.2) is 29.6 Å². The minimum Gasteiger partial charge on any atom is -0.375 e. The number of nitrogens with zero attached hydrogens (tertiary/aromatic N) is 5. The second-order valence-corrected chi connectivity index (χ2v) is 7.75. The fraction of sp³-hybridized carbons (Fsp3) is 0.524. The van der Waals surface area contributed by atoms with Gasteiger partial charge in [0.05, 0.1) is 43.0 Å². The average Bonchev–Trinajstić information content (AvgIpc) is 3.41. The fourth-order valence-electron chi connectivity index (χ4n) is 4.38.